The molecule has 3 heterocycles. The molecule has 0 radical (unpaired) electrons. The number of fused-ring (bicyclic) bond motifs is 1. The number of rotatable bonds is 6. The zero-order valence-corrected chi connectivity index (χ0v) is 17.6. The average Bonchev–Trinajstić information content (AvgIpc) is 3.47. The topological polar surface area (TPSA) is 77.1 Å². The minimum Gasteiger partial charge on any atom is -0.305 e. The van der Waals surface area contributed by atoms with Crippen molar-refractivity contribution in [1.82, 2.24) is 24.4 Å². The zero-order chi connectivity index (χ0) is 23.7. The molecule has 0 spiro atoms. The van der Waals surface area contributed by atoms with Gasteiger partial charge in [0.2, 0.25) is 0 Å². The first-order chi connectivity index (χ1) is 16.5. The maximum Gasteiger partial charge on any atom is 0.280 e. The number of carbonyl (C=O) groups excluding carboxylic acids is 1. The standard InChI is InChI=1S/C24H17F3N6O/c25-18-9-5-4-8-16(18)14-32-11-10-21(31-32)30-24(34)17-13-28-33-20(22(26)27)12-19(29-23(17)33)15-6-2-1-3-7-15/h1-13,22H,14H2,(H,30,31,34). The monoisotopic (exact) mass is 462 g/mol. The maximum atomic E-state index is 13.9. The number of anilines is 1. The highest BCUT2D eigenvalue weighted by Crippen LogP contribution is 2.27. The second-order valence-corrected chi connectivity index (χ2v) is 7.47. The first-order valence-electron chi connectivity index (χ1n) is 10.3. The highest BCUT2D eigenvalue weighted by atomic mass is 19.3. The van der Waals surface area contributed by atoms with Crippen LogP contribution in [0.3, 0.4) is 0 Å². The lowest BCUT2D eigenvalue weighted by molar-refractivity contribution is 0.102. The number of hydrogen-bond acceptors (Lipinski definition) is 4. The van der Waals surface area contributed by atoms with Gasteiger partial charge in [-0.25, -0.2) is 22.7 Å². The fourth-order valence-corrected chi connectivity index (χ4v) is 3.56. The number of hydrogen-bond donors (Lipinski definition) is 1. The highest BCUT2D eigenvalue weighted by Gasteiger charge is 2.22. The number of alkyl halides is 2. The summed E-state index contributed by atoms with van der Waals surface area (Å²) in [6.45, 7) is 0.180. The Bertz CT molecular complexity index is 1480. The fraction of sp³-hybridized carbons (Fsp3) is 0.0833. The molecule has 0 unspecified atom stereocenters. The molecular weight excluding hydrogens is 445 g/mol. The predicted octanol–water partition coefficient (Wildman–Crippen LogP) is 4.97. The summed E-state index contributed by atoms with van der Waals surface area (Å²) in [5, 5.41) is 10.8. The summed E-state index contributed by atoms with van der Waals surface area (Å²) in [4.78, 5) is 17.4. The van der Waals surface area contributed by atoms with E-state index in [-0.39, 0.29) is 35.1 Å². The van der Waals surface area contributed by atoms with Gasteiger partial charge in [-0.2, -0.15) is 10.2 Å². The van der Waals surface area contributed by atoms with Gasteiger partial charge >= 0.3 is 0 Å². The molecular formula is C24H17F3N6O. The van der Waals surface area contributed by atoms with Crippen molar-refractivity contribution in [3.05, 3.63) is 102 Å². The zero-order valence-electron chi connectivity index (χ0n) is 17.6. The van der Waals surface area contributed by atoms with Gasteiger partial charge in [-0.1, -0.05) is 48.5 Å². The van der Waals surface area contributed by atoms with Crippen molar-refractivity contribution in [2.75, 3.05) is 5.32 Å². The summed E-state index contributed by atoms with van der Waals surface area (Å²) >= 11 is 0. The molecule has 0 aliphatic carbocycles. The molecule has 0 atom stereocenters. The van der Waals surface area contributed by atoms with Crippen LogP contribution in [-0.4, -0.2) is 30.3 Å². The Morgan fingerprint density at radius 1 is 1.03 bits per heavy atom. The van der Waals surface area contributed by atoms with E-state index in [1.54, 1.807) is 60.8 Å². The normalized spacial score (nSPS) is 11.3. The molecule has 0 fully saturated rings. The first-order valence-corrected chi connectivity index (χ1v) is 10.3. The van der Waals surface area contributed by atoms with Crippen LogP contribution in [0, 0.1) is 5.82 Å². The van der Waals surface area contributed by atoms with Crippen LogP contribution in [0.25, 0.3) is 16.9 Å². The Morgan fingerprint density at radius 3 is 2.56 bits per heavy atom. The van der Waals surface area contributed by atoms with Gasteiger partial charge in [0.15, 0.2) is 11.5 Å². The van der Waals surface area contributed by atoms with Gasteiger partial charge in [0, 0.05) is 23.4 Å². The molecule has 5 aromatic rings. The maximum absolute atomic E-state index is 13.9. The van der Waals surface area contributed by atoms with E-state index < -0.39 is 12.3 Å². The average molecular weight is 462 g/mol. The third kappa shape index (κ3) is 4.13. The van der Waals surface area contributed by atoms with Crippen LogP contribution < -0.4 is 5.32 Å². The van der Waals surface area contributed by atoms with E-state index in [0.29, 0.717) is 16.8 Å². The van der Waals surface area contributed by atoms with Crippen LogP contribution in [0.1, 0.15) is 28.0 Å². The third-order valence-corrected chi connectivity index (χ3v) is 5.21. The van der Waals surface area contributed by atoms with E-state index in [0.717, 1.165) is 4.52 Å². The molecule has 2 aromatic carbocycles. The lowest BCUT2D eigenvalue weighted by Gasteiger charge is -2.08. The predicted molar refractivity (Wildman–Crippen MR) is 119 cm³/mol. The molecule has 0 saturated carbocycles. The number of carbonyl (C=O) groups is 1. The van der Waals surface area contributed by atoms with Crippen LogP contribution >= 0.6 is 0 Å². The van der Waals surface area contributed by atoms with Gasteiger partial charge in [0.05, 0.1) is 18.4 Å². The molecule has 1 N–H and O–H groups in total. The number of aromatic nitrogens is 5. The summed E-state index contributed by atoms with van der Waals surface area (Å²) in [5.74, 6) is -0.747. The van der Waals surface area contributed by atoms with Gasteiger partial charge in [0.25, 0.3) is 12.3 Å². The molecule has 34 heavy (non-hydrogen) atoms. The van der Waals surface area contributed by atoms with Crippen molar-refractivity contribution in [2.24, 2.45) is 0 Å². The van der Waals surface area contributed by atoms with Crippen LogP contribution in [0.4, 0.5) is 19.0 Å². The summed E-state index contributed by atoms with van der Waals surface area (Å²) in [5.41, 5.74) is 1.02. The van der Waals surface area contributed by atoms with Gasteiger partial charge in [0.1, 0.15) is 17.1 Å². The highest BCUT2D eigenvalue weighted by molar-refractivity contribution is 6.07. The van der Waals surface area contributed by atoms with Gasteiger partial charge in [-0.05, 0) is 12.1 Å². The van der Waals surface area contributed by atoms with E-state index in [1.165, 1.54) is 23.0 Å². The number of benzene rings is 2. The lowest BCUT2D eigenvalue weighted by atomic mass is 10.1. The summed E-state index contributed by atoms with van der Waals surface area (Å²) in [6, 6.07) is 18.0. The van der Waals surface area contributed by atoms with Crippen molar-refractivity contribution in [3.8, 4) is 11.3 Å². The van der Waals surface area contributed by atoms with Crippen molar-refractivity contribution in [1.29, 1.82) is 0 Å². The quantitative estimate of drug-likeness (QED) is 0.387. The van der Waals surface area contributed by atoms with E-state index >= 15 is 0 Å². The summed E-state index contributed by atoms with van der Waals surface area (Å²) in [7, 11) is 0. The lowest BCUT2D eigenvalue weighted by Crippen LogP contribution is -2.14. The molecule has 0 aliphatic heterocycles. The first kappa shape index (κ1) is 21.4. The Hall–Kier alpha value is -4.47. The van der Waals surface area contributed by atoms with E-state index in [9.17, 15) is 18.0 Å². The molecule has 3 aromatic heterocycles. The Morgan fingerprint density at radius 2 is 1.79 bits per heavy atom. The van der Waals surface area contributed by atoms with Crippen molar-refractivity contribution >= 4 is 17.4 Å². The second kappa shape index (κ2) is 8.81. The molecule has 5 rings (SSSR count). The van der Waals surface area contributed by atoms with E-state index in [4.69, 9.17) is 0 Å². The molecule has 170 valence electrons. The molecule has 0 aliphatic rings. The van der Waals surface area contributed by atoms with Gasteiger partial charge < -0.3 is 5.32 Å². The van der Waals surface area contributed by atoms with Gasteiger partial charge in [-0.15, -0.1) is 0 Å². The Kier molecular flexibility index (Phi) is 5.54. The van der Waals surface area contributed by atoms with Crippen molar-refractivity contribution < 1.29 is 18.0 Å². The summed E-state index contributed by atoms with van der Waals surface area (Å²) < 4.78 is 43.8. The van der Waals surface area contributed by atoms with Crippen molar-refractivity contribution in [3.63, 3.8) is 0 Å². The van der Waals surface area contributed by atoms with Crippen LogP contribution in [0.15, 0.2) is 79.1 Å². The largest absolute Gasteiger partial charge is 0.305 e. The SMILES string of the molecule is O=C(Nc1ccn(Cc2ccccc2F)n1)c1cnn2c(C(F)F)cc(-c3ccccc3)nc12. The van der Waals surface area contributed by atoms with Gasteiger partial charge in [-0.3, -0.25) is 9.48 Å². The number of halogens is 3. The minimum absolute atomic E-state index is 0.0000534. The Labute approximate surface area is 191 Å². The molecule has 0 saturated heterocycles. The third-order valence-electron chi connectivity index (χ3n) is 5.21. The minimum atomic E-state index is -2.82. The van der Waals surface area contributed by atoms with Crippen molar-refractivity contribution in [2.45, 2.75) is 13.0 Å². The number of nitrogens with one attached hydrogen (secondary N) is 1. The number of nitrogens with zero attached hydrogens (tertiary/aromatic N) is 5. The smallest absolute Gasteiger partial charge is 0.280 e. The van der Waals surface area contributed by atoms with E-state index in [2.05, 4.69) is 20.5 Å². The number of amides is 1. The molecule has 1 amide bonds. The van der Waals surface area contributed by atoms with Crippen LogP contribution in [0.5, 0.6) is 0 Å². The van der Waals surface area contributed by atoms with Crippen LogP contribution in [-0.2, 0) is 6.54 Å². The van der Waals surface area contributed by atoms with Crippen LogP contribution in [0.2, 0.25) is 0 Å². The molecule has 10 heteroatoms. The fourth-order valence-electron chi connectivity index (χ4n) is 3.56. The van der Waals surface area contributed by atoms with E-state index in [1.807, 2.05) is 0 Å². The molecule has 7 nitrogen and oxygen atoms in total. The Balaban J connectivity index is 1.44. The second-order valence-electron chi connectivity index (χ2n) is 7.47. The summed E-state index contributed by atoms with van der Waals surface area (Å²) in [6.07, 6.45) is -0.0362. The molecule has 0 bridgehead atoms.